The van der Waals surface area contributed by atoms with Gasteiger partial charge in [0.25, 0.3) is 5.91 Å². The van der Waals surface area contributed by atoms with Gasteiger partial charge in [0.2, 0.25) is 0 Å². The average molecular weight is 464 g/mol. The molecular weight excluding hydrogens is 445 g/mol. The number of hydrogen-bond donors (Lipinski definition) is 2. The molecule has 0 fully saturated rings. The van der Waals surface area contributed by atoms with Crippen LogP contribution in [0.15, 0.2) is 71.6 Å². The van der Waals surface area contributed by atoms with Gasteiger partial charge >= 0.3 is 6.18 Å². The highest BCUT2D eigenvalue weighted by molar-refractivity contribution is 7.89. The van der Waals surface area contributed by atoms with E-state index in [1.165, 1.54) is 30.3 Å². The maximum absolute atomic E-state index is 13.2. The topological polar surface area (TPSA) is 96.6 Å². The Hall–Kier alpha value is -3.21. The van der Waals surface area contributed by atoms with Crippen molar-refractivity contribution in [3.05, 3.63) is 77.9 Å². The maximum Gasteiger partial charge on any atom is 0.416 e. The Bertz CT molecular complexity index is 1090. The number of nitrogens with two attached hydrogens (primary N) is 1. The monoisotopic (exact) mass is 464 g/mol. The number of rotatable bonds is 7. The molecule has 0 aromatic heterocycles. The zero-order chi connectivity index (χ0) is 23.3. The van der Waals surface area contributed by atoms with E-state index in [1.54, 1.807) is 18.2 Å². The highest BCUT2D eigenvalue weighted by atomic mass is 32.2. The van der Waals surface area contributed by atoms with Crippen LogP contribution < -0.4 is 19.9 Å². The lowest BCUT2D eigenvalue weighted by atomic mass is 10.1. The number of alkyl halides is 3. The van der Waals surface area contributed by atoms with Gasteiger partial charge in [-0.25, -0.2) is 0 Å². The minimum Gasteiger partial charge on any atom is -0.593 e. The molecule has 1 unspecified atom stereocenters. The van der Waals surface area contributed by atoms with Crippen LogP contribution in [0.2, 0.25) is 0 Å². The molecule has 3 aromatic carbocycles. The first-order chi connectivity index (χ1) is 15.2. The summed E-state index contributed by atoms with van der Waals surface area (Å²) in [4.78, 5) is 13.1. The Kier molecular flexibility index (Phi) is 7.29. The van der Waals surface area contributed by atoms with E-state index in [4.69, 9.17) is 14.6 Å². The molecule has 0 aliphatic rings. The molecule has 0 heterocycles. The molecule has 0 radical (unpaired) electrons. The molecule has 0 saturated heterocycles. The van der Waals surface area contributed by atoms with Crippen molar-refractivity contribution in [3.63, 3.8) is 0 Å². The lowest BCUT2D eigenvalue weighted by molar-refractivity contribution is -0.137. The molecular formula is C22H19F3N2O4S. The summed E-state index contributed by atoms with van der Waals surface area (Å²) in [6.45, 7) is 2.27. The second-order valence-corrected chi connectivity index (χ2v) is 7.56. The highest BCUT2D eigenvalue weighted by Crippen LogP contribution is 2.35. The zero-order valence-electron chi connectivity index (χ0n) is 16.8. The summed E-state index contributed by atoms with van der Waals surface area (Å²) in [7, 11) is 0. The highest BCUT2D eigenvalue weighted by Gasteiger charge is 2.32. The lowest BCUT2D eigenvalue weighted by Gasteiger charge is -2.15. The first-order valence-corrected chi connectivity index (χ1v) is 10.6. The molecule has 6 nitrogen and oxygen atoms in total. The third kappa shape index (κ3) is 5.94. The van der Waals surface area contributed by atoms with Crippen molar-refractivity contribution in [3.8, 4) is 17.2 Å². The van der Waals surface area contributed by atoms with Crippen LogP contribution in [-0.2, 0) is 17.5 Å². The van der Waals surface area contributed by atoms with Crippen LogP contribution >= 0.6 is 0 Å². The molecule has 1 atom stereocenters. The summed E-state index contributed by atoms with van der Waals surface area (Å²) in [6, 6.07) is 14.8. The van der Waals surface area contributed by atoms with Crippen LogP contribution in [0.25, 0.3) is 0 Å². The van der Waals surface area contributed by atoms with E-state index in [1.807, 2.05) is 6.92 Å². The van der Waals surface area contributed by atoms with Crippen LogP contribution in [0.4, 0.5) is 18.9 Å². The summed E-state index contributed by atoms with van der Waals surface area (Å²) in [6.07, 6.45) is -4.62. The Balaban J connectivity index is 1.92. The maximum atomic E-state index is 13.2. The van der Waals surface area contributed by atoms with Gasteiger partial charge in [0.05, 0.1) is 29.1 Å². The van der Waals surface area contributed by atoms with Crippen molar-refractivity contribution < 1.29 is 32.0 Å². The van der Waals surface area contributed by atoms with Gasteiger partial charge in [-0.15, -0.1) is 5.14 Å². The molecule has 32 heavy (non-hydrogen) atoms. The second-order valence-electron chi connectivity index (χ2n) is 6.49. The van der Waals surface area contributed by atoms with Crippen molar-refractivity contribution in [2.24, 2.45) is 5.14 Å². The Morgan fingerprint density at radius 3 is 2.38 bits per heavy atom. The summed E-state index contributed by atoms with van der Waals surface area (Å²) in [5.41, 5.74) is -0.806. The number of carbonyl (C=O) groups excluding carboxylic acids is 1. The normalized spacial score (nSPS) is 12.2. The van der Waals surface area contributed by atoms with Crippen LogP contribution in [0, 0.1) is 0 Å². The smallest absolute Gasteiger partial charge is 0.416 e. The summed E-state index contributed by atoms with van der Waals surface area (Å²) in [5.74, 6) is -0.193. The lowest BCUT2D eigenvalue weighted by Crippen LogP contribution is -2.16. The summed E-state index contributed by atoms with van der Waals surface area (Å²) >= 11 is -1.76. The predicted molar refractivity (Wildman–Crippen MR) is 114 cm³/mol. The Labute approximate surface area is 185 Å². The van der Waals surface area contributed by atoms with Gasteiger partial charge in [-0.05, 0) is 61.5 Å². The zero-order valence-corrected chi connectivity index (χ0v) is 17.6. The number of carbonyl (C=O) groups is 1. The molecule has 0 aliphatic heterocycles. The first kappa shape index (κ1) is 23.5. The molecule has 0 saturated carbocycles. The number of amides is 1. The van der Waals surface area contributed by atoms with Crippen LogP contribution in [0.1, 0.15) is 22.8 Å². The van der Waals surface area contributed by atoms with Gasteiger partial charge in [-0.2, -0.15) is 13.2 Å². The number of nitrogens with one attached hydrogen (secondary N) is 1. The van der Waals surface area contributed by atoms with Gasteiger partial charge in [-0.1, -0.05) is 6.07 Å². The van der Waals surface area contributed by atoms with Gasteiger partial charge in [-0.3, -0.25) is 4.79 Å². The quantitative estimate of drug-likeness (QED) is 0.473. The molecule has 3 N–H and O–H groups in total. The van der Waals surface area contributed by atoms with Crippen molar-refractivity contribution in [2.45, 2.75) is 18.0 Å². The van der Waals surface area contributed by atoms with E-state index in [-0.39, 0.29) is 27.6 Å². The standard InChI is InChI=1S/C22H19F3N2O4S/c1-2-30-16-7-9-17(10-8-16)31-20-12-14(22(23,24)25)6-11-19(20)21(28)27-15-4-3-5-18(13-15)32(26)29/h3-13H,2,26H2,1H3,(H,27,28). The Morgan fingerprint density at radius 2 is 1.75 bits per heavy atom. The number of ether oxygens (including phenoxy) is 2. The number of hydrogen-bond acceptors (Lipinski definition) is 5. The van der Waals surface area contributed by atoms with E-state index in [2.05, 4.69) is 5.32 Å². The number of benzene rings is 3. The van der Waals surface area contributed by atoms with Crippen LogP contribution in [0.3, 0.4) is 0 Å². The van der Waals surface area contributed by atoms with E-state index in [9.17, 15) is 22.5 Å². The van der Waals surface area contributed by atoms with Crippen LogP contribution in [-0.4, -0.2) is 17.1 Å². The molecule has 0 bridgehead atoms. The van der Waals surface area contributed by atoms with Crippen molar-refractivity contribution in [2.75, 3.05) is 11.9 Å². The second kappa shape index (κ2) is 9.94. The summed E-state index contributed by atoms with van der Waals surface area (Å²) in [5, 5.41) is 7.90. The predicted octanol–water partition coefficient (Wildman–Crippen LogP) is 5.13. The van der Waals surface area contributed by atoms with E-state index >= 15 is 0 Å². The SMILES string of the molecule is CCOc1ccc(Oc2cc(C(F)(F)F)ccc2C(=O)Nc2cccc([S+](N)[O-])c2)cc1. The number of halogens is 3. The van der Waals surface area contributed by atoms with Gasteiger partial charge < -0.3 is 19.3 Å². The molecule has 1 amide bonds. The van der Waals surface area contributed by atoms with Crippen molar-refractivity contribution >= 4 is 23.0 Å². The molecule has 3 rings (SSSR count). The molecule has 10 heteroatoms. The average Bonchev–Trinajstić information content (AvgIpc) is 2.75. The first-order valence-electron chi connectivity index (χ1n) is 9.37. The Morgan fingerprint density at radius 1 is 1.06 bits per heavy atom. The van der Waals surface area contributed by atoms with E-state index in [0.717, 1.165) is 18.2 Å². The number of anilines is 1. The largest absolute Gasteiger partial charge is 0.593 e. The molecule has 3 aromatic rings. The van der Waals surface area contributed by atoms with E-state index in [0.29, 0.717) is 12.4 Å². The fourth-order valence-electron chi connectivity index (χ4n) is 2.77. The minimum absolute atomic E-state index is 0.119. The third-order valence-corrected chi connectivity index (χ3v) is 4.96. The van der Waals surface area contributed by atoms with E-state index < -0.39 is 29.0 Å². The third-order valence-electron chi connectivity index (χ3n) is 4.24. The minimum atomic E-state index is -4.62. The van der Waals surface area contributed by atoms with Crippen LogP contribution in [0.5, 0.6) is 17.2 Å². The fourth-order valence-corrected chi connectivity index (χ4v) is 3.22. The van der Waals surface area contributed by atoms with Crippen molar-refractivity contribution in [1.29, 1.82) is 0 Å². The summed E-state index contributed by atoms with van der Waals surface area (Å²) < 4.78 is 62.1. The molecule has 0 spiro atoms. The van der Waals surface area contributed by atoms with Gasteiger partial charge in [0.15, 0.2) is 4.90 Å². The van der Waals surface area contributed by atoms with Gasteiger partial charge in [0, 0.05) is 11.8 Å². The molecule has 168 valence electrons. The molecule has 0 aliphatic carbocycles. The van der Waals surface area contributed by atoms with Crippen molar-refractivity contribution in [1.82, 2.24) is 0 Å². The fraction of sp³-hybridized carbons (Fsp3) is 0.136. The van der Waals surface area contributed by atoms with Gasteiger partial charge in [0.1, 0.15) is 17.2 Å².